The first-order chi connectivity index (χ1) is 8.72. The minimum atomic E-state index is 0.867. The third-order valence-corrected chi connectivity index (χ3v) is 4.61. The third kappa shape index (κ3) is 2.39. The van der Waals surface area contributed by atoms with Crippen LogP contribution in [-0.2, 0) is 19.5 Å². The van der Waals surface area contributed by atoms with Crippen LogP contribution in [0.3, 0.4) is 0 Å². The monoisotopic (exact) mass is 278 g/mol. The SMILES string of the molecule is Nc1cccc2c1CCN(Cc1ccc(Cl)s1)C2. The predicted octanol–water partition coefficient (Wildman–Crippen LogP) is 3.54. The van der Waals surface area contributed by atoms with Gasteiger partial charge >= 0.3 is 0 Å². The highest BCUT2D eigenvalue weighted by Gasteiger charge is 2.18. The van der Waals surface area contributed by atoms with Crippen molar-refractivity contribution in [1.82, 2.24) is 4.90 Å². The molecule has 2 heterocycles. The number of hydrogen-bond donors (Lipinski definition) is 1. The summed E-state index contributed by atoms with van der Waals surface area (Å²) < 4.78 is 0.867. The van der Waals surface area contributed by atoms with Crippen LogP contribution in [0.1, 0.15) is 16.0 Å². The van der Waals surface area contributed by atoms with Crippen LogP contribution in [-0.4, -0.2) is 11.4 Å². The zero-order chi connectivity index (χ0) is 12.5. The minimum Gasteiger partial charge on any atom is -0.398 e. The van der Waals surface area contributed by atoms with Gasteiger partial charge in [0.25, 0.3) is 0 Å². The highest BCUT2D eigenvalue weighted by Crippen LogP contribution is 2.27. The van der Waals surface area contributed by atoms with Crippen LogP contribution in [0, 0.1) is 0 Å². The van der Waals surface area contributed by atoms with Gasteiger partial charge in [0.1, 0.15) is 0 Å². The van der Waals surface area contributed by atoms with Crippen LogP contribution in [0.15, 0.2) is 30.3 Å². The van der Waals surface area contributed by atoms with E-state index in [1.165, 1.54) is 16.0 Å². The fourth-order valence-corrected chi connectivity index (χ4v) is 3.62. The van der Waals surface area contributed by atoms with Crippen LogP contribution in [0.5, 0.6) is 0 Å². The molecular formula is C14H15ClN2S. The molecule has 0 amide bonds. The predicted molar refractivity (Wildman–Crippen MR) is 78.0 cm³/mol. The third-order valence-electron chi connectivity index (χ3n) is 3.39. The van der Waals surface area contributed by atoms with Gasteiger partial charge in [-0.2, -0.15) is 0 Å². The molecular weight excluding hydrogens is 264 g/mol. The quantitative estimate of drug-likeness (QED) is 0.852. The van der Waals surface area contributed by atoms with Crippen LogP contribution in [0.2, 0.25) is 4.34 Å². The molecule has 2 aromatic rings. The van der Waals surface area contributed by atoms with Gasteiger partial charge in [-0.25, -0.2) is 0 Å². The molecule has 0 saturated heterocycles. The van der Waals surface area contributed by atoms with Crippen molar-refractivity contribution in [2.45, 2.75) is 19.5 Å². The first-order valence-electron chi connectivity index (χ1n) is 6.05. The normalized spacial score (nSPS) is 15.6. The first kappa shape index (κ1) is 12.0. The number of nitrogen functional groups attached to an aromatic ring is 1. The van der Waals surface area contributed by atoms with Crippen LogP contribution < -0.4 is 5.73 Å². The summed E-state index contributed by atoms with van der Waals surface area (Å²) in [5.41, 5.74) is 9.64. The molecule has 0 atom stereocenters. The number of benzene rings is 1. The molecule has 0 fully saturated rings. The van der Waals surface area contributed by atoms with E-state index in [0.717, 1.165) is 36.1 Å². The lowest BCUT2D eigenvalue weighted by atomic mass is 9.98. The van der Waals surface area contributed by atoms with E-state index < -0.39 is 0 Å². The largest absolute Gasteiger partial charge is 0.398 e. The van der Waals surface area contributed by atoms with E-state index >= 15 is 0 Å². The Morgan fingerprint density at radius 2 is 2.17 bits per heavy atom. The molecule has 2 nitrogen and oxygen atoms in total. The highest BCUT2D eigenvalue weighted by molar-refractivity contribution is 7.16. The molecule has 0 aliphatic carbocycles. The van der Waals surface area contributed by atoms with E-state index in [4.69, 9.17) is 17.3 Å². The number of hydrogen-bond acceptors (Lipinski definition) is 3. The number of rotatable bonds is 2. The molecule has 0 radical (unpaired) electrons. The van der Waals surface area contributed by atoms with Gasteiger partial charge in [0.15, 0.2) is 0 Å². The lowest BCUT2D eigenvalue weighted by Crippen LogP contribution is -2.30. The zero-order valence-electron chi connectivity index (χ0n) is 10.0. The Hall–Kier alpha value is -1.03. The maximum atomic E-state index is 6.01. The van der Waals surface area contributed by atoms with Gasteiger partial charge in [-0.05, 0) is 35.7 Å². The summed E-state index contributed by atoms with van der Waals surface area (Å²) in [7, 11) is 0. The van der Waals surface area contributed by atoms with Crippen molar-refractivity contribution in [3.05, 3.63) is 50.7 Å². The van der Waals surface area contributed by atoms with Crippen LogP contribution in [0.4, 0.5) is 5.69 Å². The van der Waals surface area contributed by atoms with Gasteiger partial charge in [0.2, 0.25) is 0 Å². The number of nitrogens with zero attached hydrogens (tertiary/aromatic N) is 1. The lowest BCUT2D eigenvalue weighted by molar-refractivity contribution is 0.248. The van der Waals surface area contributed by atoms with Crippen molar-refractivity contribution < 1.29 is 0 Å². The number of anilines is 1. The van der Waals surface area contributed by atoms with Crippen molar-refractivity contribution in [3.8, 4) is 0 Å². The van der Waals surface area contributed by atoms with Crippen molar-refractivity contribution in [2.75, 3.05) is 12.3 Å². The van der Waals surface area contributed by atoms with Crippen molar-refractivity contribution in [1.29, 1.82) is 0 Å². The fourth-order valence-electron chi connectivity index (χ4n) is 2.49. The average Bonchev–Trinajstić information content (AvgIpc) is 2.75. The highest BCUT2D eigenvalue weighted by atomic mass is 35.5. The van der Waals surface area contributed by atoms with Gasteiger partial charge < -0.3 is 5.73 Å². The number of thiophene rings is 1. The number of nitrogens with two attached hydrogens (primary N) is 1. The second-order valence-corrected chi connectivity index (χ2v) is 6.45. The van der Waals surface area contributed by atoms with Gasteiger partial charge in [-0.15, -0.1) is 11.3 Å². The van der Waals surface area contributed by atoms with Crippen LogP contribution >= 0.6 is 22.9 Å². The molecule has 94 valence electrons. The van der Waals surface area contributed by atoms with Gasteiger partial charge in [-0.1, -0.05) is 23.7 Å². The average molecular weight is 279 g/mol. The van der Waals surface area contributed by atoms with Gasteiger partial charge in [0, 0.05) is 30.2 Å². The summed E-state index contributed by atoms with van der Waals surface area (Å²) in [6.07, 6.45) is 1.04. The Labute approximate surface area is 116 Å². The Morgan fingerprint density at radius 3 is 2.94 bits per heavy atom. The first-order valence-corrected chi connectivity index (χ1v) is 7.24. The summed E-state index contributed by atoms with van der Waals surface area (Å²) in [5.74, 6) is 0. The minimum absolute atomic E-state index is 0.867. The molecule has 3 rings (SSSR count). The number of halogens is 1. The zero-order valence-corrected chi connectivity index (χ0v) is 11.6. The van der Waals surface area contributed by atoms with E-state index in [1.54, 1.807) is 11.3 Å². The van der Waals surface area contributed by atoms with E-state index in [9.17, 15) is 0 Å². The van der Waals surface area contributed by atoms with E-state index in [2.05, 4.69) is 17.0 Å². The number of fused-ring (bicyclic) bond motifs is 1. The second-order valence-electron chi connectivity index (χ2n) is 4.65. The molecule has 4 heteroatoms. The van der Waals surface area contributed by atoms with Crippen molar-refractivity contribution in [3.63, 3.8) is 0 Å². The van der Waals surface area contributed by atoms with Crippen molar-refractivity contribution >= 4 is 28.6 Å². The smallest absolute Gasteiger partial charge is 0.0931 e. The molecule has 0 unspecified atom stereocenters. The Morgan fingerprint density at radius 1 is 1.28 bits per heavy atom. The van der Waals surface area contributed by atoms with Crippen LogP contribution in [0.25, 0.3) is 0 Å². The summed E-state index contributed by atoms with van der Waals surface area (Å²) >= 11 is 7.63. The molecule has 2 N–H and O–H groups in total. The van der Waals surface area contributed by atoms with E-state index in [-0.39, 0.29) is 0 Å². The van der Waals surface area contributed by atoms with Crippen molar-refractivity contribution in [2.24, 2.45) is 0 Å². The topological polar surface area (TPSA) is 29.3 Å². The molecule has 1 aromatic heterocycles. The van der Waals surface area contributed by atoms with E-state index in [0.29, 0.717) is 0 Å². The summed E-state index contributed by atoms with van der Waals surface area (Å²) in [6, 6.07) is 10.3. The Balaban J connectivity index is 1.75. The summed E-state index contributed by atoms with van der Waals surface area (Å²) in [4.78, 5) is 3.77. The Kier molecular flexibility index (Phi) is 3.29. The summed E-state index contributed by atoms with van der Waals surface area (Å²) in [6.45, 7) is 3.03. The molecule has 18 heavy (non-hydrogen) atoms. The molecule has 1 aliphatic heterocycles. The van der Waals surface area contributed by atoms with Gasteiger partial charge in [0.05, 0.1) is 4.34 Å². The maximum Gasteiger partial charge on any atom is 0.0931 e. The standard InChI is InChI=1S/C14H15ClN2S/c15-14-5-4-11(18-14)9-17-7-6-12-10(8-17)2-1-3-13(12)16/h1-5H,6-9,16H2. The van der Waals surface area contributed by atoms with E-state index in [1.807, 2.05) is 18.2 Å². The molecule has 0 saturated carbocycles. The second kappa shape index (κ2) is 4.92. The Bertz CT molecular complexity index is 565. The molecule has 1 aliphatic rings. The maximum absolute atomic E-state index is 6.01. The molecule has 1 aromatic carbocycles. The molecule has 0 spiro atoms. The van der Waals surface area contributed by atoms with Gasteiger partial charge in [-0.3, -0.25) is 4.90 Å². The lowest BCUT2D eigenvalue weighted by Gasteiger charge is -2.29. The molecule has 0 bridgehead atoms. The summed E-state index contributed by atoms with van der Waals surface area (Å²) in [5, 5.41) is 0. The fraction of sp³-hybridized carbons (Fsp3) is 0.286.